The second kappa shape index (κ2) is 5.46. The largest absolute Gasteiger partial charge is 0.304 e. The van der Waals surface area contributed by atoms with Crippen molar-refractivity contribution in [3.8, 4) is 0 Å². The summed E-state index contributed by atoms with van der Waals surface area (Å²) in [5, 5.41) is 3.63. The quantitative estimate of drug-likeness (QED) is 0.822. The van der Waals surface area contributed by atoms with Gasteiger partial charge in [0.2, 0.25) is 0 Å². The minimum Gasteiger partial charge on any atom is -0.304 e. The number of aryl methyl sites for hydroxylation is 1. The molecule has 1 heterocycles. The summed E-state index contributed by atoms with van der Waals surface area (Å²) in [7, 11) is 0. The first-order valence-corrected chi connectivity index (χ1v) is 7.61. The van der Waals surface area contributed by atoms with Crippen molar-refractivity contribution >= 4 is 5.78 Å². The van der Waals surface area contributed by atoms with Gasteiger partial charge in [-0.25, -0.2) is 0 Å². The zero-order valence-corrected chi connectivity index (χ0v) is 11.7. The third kappa shape index (κ3) is 2.59. The maximum Gasteiger partial charge on any atom is 0.179 e. The van der Waals surface area contributed by atoms with Crippen LogP contribution in [0.15, 0.2) is 24.3 Å². The summed E-state index contributed by atoms with van der Waals surface area (Å²) in [4.78, 5) is 12.6. The predicted molar refractivity (Wildman–Crippen MR) is 77.4 cm³/mol. The minimum atomic E-state index is 0.0421. The van der Waals surface area contributed by atoms with E-state index in [4.69, 9.17) is 0 Å². The molecule has 1 aliphatic heterocycles. The number of carbonyl (C=O) groups is 1. The number of ketones is 1. The van der Waals surface area contributed by atoms with Gasteiger partial charge in [-0.2, -0.15) is 0 Å². The SMILES string of the molecule is Cc1ccccc1C(=O)C1CCC2CCCCC2N1. The molecule has 1 saturated carbocycles. The molecule has 0 amide bonds. The topological polar surface area (TPSA) is 29.1 Å². The van der Waals surface area contributed by atoms with Gasteiger partial charge in [-0.15, -0.1) is 0 Å². The van der Waals surface area contributed by atoms with Crippen molar-refractivity contribution in [3.63, 3.8) is 0 Å². The number of hydrogen-bond donors (Lipinski definition) is 1. The van der Waals surface area contributed by atoms with Crippen molar-refractivity contribution < 1.29 is 4.79 Å². The highest BCUT2D eigenvalue weighted by Crippen LogP contribution is 2.33. The molecule has 1 aliphatic carbocycles. The van der Waals surface area contributed by atoms with Crippen LogP contribution in [0.5, 0.6) is 0 Å². The van der Waals surface area contributed by atoms with Gasteiger partial charge in [0.15, 0.2) is 5.78 Å². The molecular formula is C17H23NO. The van der Waals surface area contributed by atoms with Crippen LogP contribution in [-0.2, 0) is 0 Å². The van der Waals surface area contributed by atoms with Crippen LogP contribution in [0.25, 0.3) is 0 Å². The summed E-state index contributed by atoms with van der Waals surface area (Å²) < 4.78 is 0. The monoisotopic (exact) mass is 257 g/mol. The average Bonchev–Trinajstić information content (AvgIpc) is 2.46. The number of carbonyl (C=O) groups excluding carboxylic acids is 1. The molecule has 0 radical (unpaired) electrons. The molecule has 0 aromatic heterocycles. The van der Waals surface area contributed by atoms with Gasteiger partial charge in [0.1, 0.15) is 0 Å². The molecule has 3 atom stereocenters. The Labute approximate surface area is 115 Å². The van der Waals surface area contributed by atoms with E-state index in [0.717, 1.165) is 23.5 Å². The summed E-state index contributed by atoms with van der Waals surface area (Å²) >= 11 is 0. The van der Waals surface area contributed by atoms with E-state index in [1.54, 1.807) is 0 Å². The highest BCUT2D eigenvalue weighted by atomic mass is 16.1. The van der Waals surface area contributed by atoms with E-state index in [1.165, 1.54) is 32.1 Å². The van der Waals surface area contributed by atoms with Crippen molar-refractivity contribution in [3.05, 3.63) is 35.4 Å². The molecule has 1 saturated heterocycles. The highest BCUT2D eigenvalue weighted by Gasteiger charge is 2.34. The van der Waals surface area contributed by atoms with Crippen molar-refractivity contribution in [2.75, 3.05) is 0 Å². The van der Waals surface area contributed by atoms with Crippen LogP contribution < -0.4 is 5.32 Å². The zero-order valence-electron chi connectivity index (χ0n) is 11.7. The standard InChI is InChI=1S/C17H23NO/c1-12-6-2-4-8-14(12)17(19)16-11-10-13-7-3-5-9-15(13)18-16/h2,4,6,8,13,15-16,18H,3,5,7,9-11H2,1H3. The second-order valence-electron chi connectivity index (χ2n) is 6.13. The lowest BCUT2D eigenvalue weighted by Gasteiger charge is -2.40. The van der Waals surface area contributed by atoms with E-state index in [9.17, 15) is 4.79 Å². The van der Waals surface area contributed by atoms with Crippen molar-refractivity contribution in [2.45, 2.75) is 57.5 Å². The van der Waals surface area contributed by atoms with Crippen LogP contribution in [-0.4, -0.2) is 17.9 Å². The molecule has 19 heavy (non-hydrogen) atoms. The minimum absolute atomic E-state index is 0.0421. The lowest BCUT2D eigenvalue weighted by molar-refractivity contribution is 0.0861. The Balaban J connectivity index is 1.73. The smallest absolute Gasteiger partial charge is 0.179 e. The number of benzene rings is 1. The normalized spacial score (nSPS) is 30.7. The van der Waals surface area contributed by atoms with Gasteiger partial charge in [0.05, 0.1) is 6.04 Å². The predicted octanol–water partition coefficient (Wildman–Crippen LogP) is 3.49. The van der Waals surface area contributed by atoms with Gasteiger partial charge in [-0.1, -0.05) is 37.1 Å². The Morgan fingerprint density at radius 1 is 1.11 bits per heavy atom. The first-order chi connectivity index (χ1) is 9.25. The number of hydrogen-bond acceptors (Lipinski definition) is 2. The van der Waals surface area contributed by atoms with Crippen LogP contribution in [0.4, 0.5) is 0 Å². The molecule has 2 nitrogen and oxygen atoms in total. The van der Waals surface area contributed by atoms with Crippen molar-refractivity contribution in [2.24, 2.45) is 5.92 Å². The third-order valence-electron chi connectivity index (χ3n) is 4.88. The second-order valence-corrected chi connectivity index (χ2v) is 6.13. The first-order valence-electron chi connectivity index (χ1n) is 7.61. The van der Waals surface area contributed by atoms with Crippen molar-refractivity contribution in [1.82, 2.24) is 5.32 Å². The number of piperidine rings is 1. The van der Waals surface area contributed by atoms with Gasteiger partial charge in [0.25, 0.3) is 0 Å². The molecule has 102 valence electrons. The van der Waals surface area contributed by atoms with Gasteiger partial charge in [0, 0.05) is 11.6 Å². The van der Waals surface area contributed by atoms with Crippen LogP contribution in [0.3, 0.4) is 0 Å². The van der Waals surface area contributed by atoms with E-state index < -0.39 is 0 Å². The summed E-state index contributed by atoms with van der Waals surface area (Å²) in [5.41, 5.74) is 1.99. The molecule has 2 heteroatoms. The Hall–Kier alpha value is -1.15. The summed E-state index contributed by atoms with van der Waals surface area (Å²) in [5.74, 6) is 1.11. The number of nitrogens with one attached hydrogen (secondary N) is 1. The molecule has 3 rings (SSSR count). The fourth-order valence-corrected chi connectivity index (χ4v) is 3.74. The Morgan fingerprint density at radius 3 is 2.74 bits per heavy atom. The summed E-state index contributed by atoms with van der Waals surface area (Å²) in [6.07, 6.45) is 7.53. The summed E-state index contributed by atoms with van der Waals surface area (Å²) in [6, 6.07) is 8.58. The molecule has 1 N–H and O–H groups in total. The maximum absolute atomic E-state index is 12.6. The lowest BCUT2D eigenvalue weighted by atomic mass is 9.76. The molecule has 0 spiro atoms. The van der Waals surface area contributed by atoms with Gasteiger partial charge >= 0.3 is 0 Å². The van der Waals surface area contributed by atoms with E-state index in [-0.39, 0.29) is 6.04 Å². The summed E-state index contributed by atoms with van der Waals surface area (Å²) in [6.45, 7) is 2.03. The number of fused-ring (bicyclic) bond motifs is 1. The van der Waals surface area contributed by atoms with Crippen LogP contribution in [0, 0.1) is 12.8 Å². The number of rotatable bonds is 2. The van der Waals surface area contributed by atoms with Crippen LogP contribution >= 0.6 is 0 Å². The Bertz CT molecular complexity index is 468. The molecule has 1 aromatic carbocycles. The van der Waals surface area contributed by atoms with E-state index in [1.807, 2.05) is 31.2 Å². The fourth-order valence-electron chi connectivity index (χ4n) is 3.74. The first kappa shape index (κ1) is 12.9. The zero-order chi connectivity index (χ0) is 13.2. The van der Waals surface area contributed by atoms with Gasteiger partial charge < -0.3 is 5.32 Å². The highest BCUT2D eigenvalue weighted by molar-refractivity contribution is 6.01. The Morgan fingerprint density at radius 2 is 1.89 bits per heavy atom. The fraction of sp³-hybridized carbons (Fsp3) is 0.588. The Kier molecular flexibility index (Phi) is 3.69. The molecule has 3 unspecified atom stereocenters. The van der Waals surface area contributed by atoms with Crippen LogP contribution in [0.2, 0.25) is 0 Å². The third-order valence-corrected chi connectivity index (χ3v) is 4.88. The number of Topliss-reactive ketones (excluding diaryl/α,β-unsaturated/α-hetero) is 1. The van der Waals surface area contributed by atoms with Gasteiger partial charge in [-0.3, -0.25) is 4.79 Å². The molecular weight excluding hydrogens is 234 g/mol. The van der Waals surface area contributed by atoms with E-state index in [2.05, 4.69) is 5.32 Å². The van der Waals surface area contributed by atoms with E-state index in [0.29, 0.717) is 11.8 Å². The molecule has 2 aliphatic rings. The van der Waals surface area contributed by atoms with Gasteiger partial charge in [-0.05, 0) is 44.1 Å². The molecule has 0 bridgehead atoms. The molecule has 1 aromatic rings. The average molecular weight is 257 g/mol. The van der Waals surface area contributed by atoms with Crippen LogP contribution in [0.1, 0.15) is 54.4 Å². The van der Waals surface area contributed by atoms with E-state index >= 15 is 0 Å². The van der Waals surface area contributed by atoms with Crippen molar-refractivity contribution in [1.29, 1.82) is 0 Å². The maximum atomic E-state index is 12.6. The molecule has 2 fully saturated rings. The lowest BCUT2D eigenvalue weighted by Crippen LogP contribution is -2.52.